The molecule has 0 aromatic heterocycles. The zero-order chi connectivity index (χ0) is 15.9. The van der Waals surface area contributed by atoms with Crippen molar-refractivity contribution in [2.45, 2.75) is 38.3 Å². The molecular weight excluding hydrogens is 286 g/mol. The van der Waals surface area contributed by atoms with Crippen molar-refractivity contribution in [1.82, 2.24) is 5.32 Å². The van der Waals surface area contributed by atoms with Crippen LogP contribution < -0.4 is 10.1 Å². The summed E-state index contributed by atoms with van der Waals surface area (Å²) in [4.78, 5) is 22.8. The van der Waals surface area contributed by atoms with Crippen LogP contribution in [0.1, 0.15) is 36.5 Å². The third-order valence-electron chi connectivity index (χ3n) is 3.62. The first-order chi connectivity index (χ1) is 10.6. The number of hydrogen-bond donors (Lipinski definition) is 2. The molecular formula is C16H21NO5. The number of carboxylic acid groups (broad SMARTS) is 1. The lowest BCUT2D eigenvalue weighted by Gasteiger charge is -2.29. The van der Waals surface area contributed by atoms with Crippen LogP contribution in [-0.2, 0) is 9.53 Å². The smallest absolute Gasteiger partial charge is 0.341 e. The second-order valence-corrected chi connectivity index (χ2v) is 5.31. The molecule has 0 radical (unpaired) electrons. The standard InChI is InChI=1S/C16H21NO5/c1-2-13-9-12(6-7-21-13)17-16(20)11-4-3-5-14(8-11)22-10-15(18)19/h3-5,8,12-13H,2,6-7,9-10H2,1H3,(H,17,20)(H,18,19). The van der Waals surface area contributed by atoms with Gasteiger partial charge in [-0.2, -0.15) is 0 Å². The lowest BCUT2D eigenvalue weighted by atomic mass is 10.0. The van der Waals surface area contributed by atoms with Gasteiger partial charge >= 0.3 is 5.97 Å². The average molecular weight is 307 g/mol. The molecule has 1 aliphatic heterocycles. The van der Waals surface area contributed by atoms with Gasteiger partial charge in [-0.05, 0) is 37.5 Å². The van der Waals surface area contributed by atoms with Gasteiger partial charge in [-0.25, -0.2) is 4.79 Å². The summed E-state index contributed by atoms with van der Waals surface area (Å²) in [6.45, 7) is 2.30. The predicted octanol–water partition coefficient (Wildman–Crippen LogP) is 1.84. The Balaban J connectivity index is 1.94. The number of amides is 1. The number of hydrogen-bond acceptors (Lipinski definition) is 4. The largest absolute Gasteiger partial charge is 0.482 e. The molecule has 2 atom stereocenters. The van der Waals surface area contributed by atoms with Crippen molar-refractivity contribution in [3.63, 3.8) is 0 Å². The summed E-state index contributed by atoms with van der Waals surface area (Å²) in [5.41, 5.74) is 0.461. The minimum Gasteiger partial charge on any atom is -0.482 e. The van der Waals surface area contributed by atoms with Crippen LogP contribution >= 0.6 is 0 Å². The molecule has 1 aromatic carbocycles. The molecule has 1 aromatic rings. The van der Waals surface area contributed by atoms with E-state index in [4.69, 9.17) is 14.6 Å². The average Bonchev–Trinajstić information content (AvgIpc) is 2.53. The number of carbonyl (C=O) groups is 2. The molecule has 1 amide bonds. The van der Waals surface area contributed by atoms with Crippen molar-refractivity contribution in [3.8, 4) is 5.75 Å². The highest BCUT2D eigenvalue weighted by molar-refractivity contribution is 5.94. The van der Waals surface area contributed by atoms with E-state index in [1.165, 1.54) is 0 Å². The van der Waals surface area contributed by atoms with Gasteiger partial charge in [-0.3, -0.25) is 4.79 Å². The summed E-state index contributed by atoms with van der Waals surface area (Å²) in [5, 5.41) is 11.6. The first-order valence-electron chi connectivity index (χ1n) is 7.45. The van der Waals surface area contributed by atoms with Gasteiger partial charge in [0.05, 0.1) is 6.10 Å². The van der Waals surface area contributed by atoms with Gasteiger partial charge in [-0.15, -0.1) is 0 Å². The number of nitrogens with one attached hydrogen (secondary N) is 1. The van der Waals surface area contributed by atoms with E-state index in [9.17, 15) is 9.59 Å². The molecule has 0 aliphatic carbocycles. The summed E-state index contributed by atoms with van der Waals surface area (Å²) in [5.74, 6) is -0.862. The maximum absolute atomic E-state index is 12.3. The highest BCUT2D eigenvalue weighted by Gasteiger charge is 2.23. The van der Waals surface area contributed by atoms with Crippen LogP contribution in [0.15, 0.2) is 24.3 Å². The minimum atomic E-state index is -1.05. The molecule has 2 N–H and O–H groups in total. The van der Waals surface area contributed by atoms with Crippen LogP contribution in [0.4, 0.5) is 0 Å². The van der Waals surface area contributed by atoms with E-state index in [2.05, 4.69) is 12.2 Å². The van der Waals surface area contributed by atoms with E-state index in [1.54, 1.807) is 24.3 Å². The fourth-order valence-corrected chi connectivity index (χ4v) is 2.44. The number of rotatable bonds is 6. The van der Waals surface area contributed by atoms with Crippen molar-refractivity contribution < 1.29 is 24.2 Å². The van der Waals surface area contributed by atoms with Gasteiger partial charge < -0.3 is 19.9 Å². The lowest BCUT2D eigenvalue weighted by Crippen LogP contribution is -2.41. The number of ether oxygens (including phenoxy) is 2. The van der Waals surface area contributed by atoms with Gasteiger partial charge in [0.25, 0.3) is 5.91 Å². The summed E-state index contributed by atoms with van der Waals surface area (Å²) in [6.07, 6.45) is 2.75. The van der Waals surface area contributed by atoms with Gasteiger partial charge in [-0.1, -0.05) is 13.0 Å². The Bertz CT molecular complexity index is 531. The summed E-state index contributed by atoms with van der Waals surface area (Å²) >= 11 is 0. The second-order valence-electron chi connectivity index (χ2n) is 5.31. The van der Waals surface area contributed by atoms with Crippen LogP contribution in [0.5, 0.6) is 5.75 Å². The maximum atomic E-state index is 12.3. The Morgan fingerprint density at radius 3 is 3.00 bits per heavy atom. The van der Waals surface area contributed by atoms with Crippen LogP contribution in [0.3, 0.4) is 0 Å². The van der Waals surface area contributed by atoms with Crippen LogP contribution in [0.2, 0.25) is 0 Å². The van der Waals surface area contributed by atoms with Crippen LogP contribution in [0.25, 0.3) is 0 Å². The highest BCUT2D eigenvalue weighted by Crippen LogP contribution is 2.18. The number of aliphatic carboxylic acids is 1. The minimum absolute atomic E-state index is 0.106. The van der Waals surface area contributed by atoms with Gasteiger partial charge in [0.15, 0.2) is 6.61 Å². The Morgan fingerprint density at radius 1 is 1.45 bits per heavy atom. The van der Waals surface area contributed by atoms with Gasteiger partial charge in [0, 0.05) is 18.2 Å². The van der Waals surface area contributed by atoms with E-state index < -0.39 is 12.6 Å². The molecule has 0 saturated carbocycles. The normalized spacial score (nSPS) is 21.1. The van der Waals surface area contributed by atoms with Crippen molar-refractivity contribution in [1.29, 1.82) is 0 Å². The zero-order valence-electron chi connectivity index (χ0n) is 12.6. The molecule has 1 saturated heterocycles. The highest BCUT2D eigenvalue weighted by atomic mass is 16.5. The fourth-order valence-electron chi connectivity index (χ4n) is 2.44. The van der Waals surface area contributed by atoms with E-state index >= 15 is 0 Å². The Kier molecular flexibility index (Phi) is 5.77. The SMILES string of the molecule is CCC1CC(NC(=O)c2cccc(OCC(=O)O)c2)CCO1. The molecule has 1 fully saturated rings. The first-order valence-corrected chi connectivity index (χ1v) is 7.45. The van der Waals surface area contributed by atoms with Crippen LogP contribution in [-0.4, -0.2) is 42.3 Å². The molecule has 120 valence electrons. The van der Waals surface area contributed by atoms with Crippen molar-refractivity contribution >= 4 is 11.9 Å². The van der Waals surface area contributed by atoms with Crippen molar-refractivity contribution in [2.24, 2.45) is 0 Å². The molecule has 6 nitrogen and oxygen atoms in total. The molecule has 2 rings (SSSR count). The van der Waals surface area contributed by atoms with Gasteiger partial charge in [0.1, 0.15) is 5.75 Å². The third-order valence-corrected chi connectivity index (χ3v) is 3.62. The second kappa shape index (κ2) is 7.79. The summed E-state index contributed by atoms with van der Waals surface area (Å²) in [7, 11) is 0. The van der Waals surface area contributed by atoms with Gasteiger partial charge in [0.2, 0.25) is 0 Å². The molecule has 2 unspecified atom stereocenters. The summed E-state index contributed by atoms with van der Waals surface area (Å²) < 4.78 is 10.7. The van der Waals surface area contributed by atoms with E-state index in [0.29, 0.717) is 17.9 Å². The quantitative estimate of drug-likeness (QED) is 0.837. The zero-order valence-corrected chi connectivity index (χ0v) is 12.6. The number of carbonyl (C=O) groups excluding carboxylic acids is 1. The predicted molar refractivity (Wildman–Crippen MR) is 80.1 cm³/mol. The lowest BCUT2D eigenvalue weighted by molar-refractivity contribution is -0.139. The Morgan fingerprint density at radius 2 is 2.27 bits per heavy atom. The van der Waals surface area contributed by atoms with E-state index in [1.807, 2.05) is 0 Å². The molecule has 6 heteroatoms. The maximum Gasteiger partial charge on any atom is 0.341 e. The number of carboxylic acids is 1. The molecule has 0 bridgehead atoms. The topological polar surface area (TPSA) is 84.9 Å². The fraction of sp³-hybridized carbons (Fsp3) is 0.500. The van der Waals surface area contributed by atoms with Crippen molar-refractivity contribution in [2.75, 3.05) is 13.2 Å². The van der Waals surface area contributed by atoms with Crippen LogP contribution in [0, 0.1) is 0 Å². The van der Waals surface area contributed by atoms with E-state index in [-0.39, 0.29) is 18.1 Å². The Hall–Kier alpha value is -2.08. The third kappa shape index (κ3) is 4.73. The number of benzene rings is 1. The molecule has 22 heavy (non-hydrogen) atoms. The molecule has 0 spiro atoms. The van der Waals surface area contributed by atoms with Crippen molar-refractivity contribution in [3.05, 3.63) is 29.8 Å². The van der Waals surface area contributed by atoms with E-state index in [0.717, 1.165) is 19.3 Å². The monoisotopic (exact) mass is 307 g/mol. The molecule has 1 aliphatic rings. The molecule has 1 heterocycles. The summed E-state index contributed by atoms with van der Waals surface area (Å²) in [6, 6.07) is 6.63. The first kappa shape index (κ1) is 16.3. The Labute approximate surface area is 129 Å².